The van der Waals surface area contributed by atoms with Crippen LogP contribution in [0.3, 0.4) is 0 Å². The molecule has 0 aromatic carbocycles. The van der Waals surface area contributed by atoms with Crippen LogP contribution in [0, 0.1) is 11.8 Å². The average Bonchev–Trinajstić information content (AvgIpc) is 2.95. The molecular formula is C39H80. The van der Waals surface area contributed by atoms with Crippen molar-refractivity contribution in [2.75, 3.05) is 0 Å². The molecule has 0 aromatic rings. The van der Waals surface area contributed by atoms with E-state index in [9.17, 15) is 0 Å². The standard InChI is InChI=1S/C39H80/c1-5-9-13-17-19-21-23-25-28-32-36-38(34-30-16-12-8-4)39(35-31-27-15-11-7-3)37-33-29-26-24-22-20-18-14-10-6-2/h38-39H,5-37H2,1-4H3. The summed E-state index contributed by atoms with van der Waals surface area (Å²) in [6, 6.07) is 0. The van der Waals surface area contributed by atoms with E-state index in [1.807, 2.05) is 0 Å². The van der Waals surface area contributed by atoms with Gasteiger partial charge in [-0.2, -0.15) is 0 Å². The largest absolute Gasteiger partial charge is 0.0654 e. The van der Waals surface area contributed by atoms with Crippen molar-refractivity contribution in [2.24, 2.45) is 11.8 Å². The van der Waals surface area contributed by atoms with Gasteiger partial charge in [0.05, 0.1) is 0 Å². The molecule has 0 amide bonds. The Kier molecular flexibility index (Phi) is 34.2. The fraction of sp³-hybridized carbons (Fsp3) is 1.00. The number of unbranched alkanes of at least 4 members (excludes halogenated alkanes) is 25. The molecule has 0 fully saturated rings. The van der Waals surface area contributed by atoms with Crippen LogP contribution in [0.15, 0.2) is 0 Å². The first-order valence-electron chi connectivity index (χ1n) is 19.3. The second-order valence-electron chi connectivity index (χ2n) is 13.5. The van der Waals surface area contributed by atoms with Crippen molar-refractivity contribution in [3.8, 4) is 0 Å². The van der Waals surface area contributed by atoms with Crippen molar-refractivity contribution >= 4 is 0 Å². The minimum atomic E-state index is 1.03. The van der Waals surface area contributed by atoms with E-state index in [4.69, 9.17) is 0 Å². The highest BCUT2D eigenvalue weighted by Gasteiger charge is 2.20. The Morgan fingerprint density at radius 3 is 0.564 bits per heavy atom. The summed E-state index contributed by atoms with van der Waals surface area (Å²) in [5, 5.41) is 0. The smallest absolute Gasteiger partial charge is 0.0386 e. The molecule has 2 unspecified atom stereocenters. The van der Waals surface area contributed by atoms with E-state index in [-0.39, 0.29) is 0 Å². The summed E-state index contributed by atoms with van der Waals surface area (Å²) in [5.74, 6) is 2.06. The summed E-state index contributed by atoms with van der Waals surface area (Å²) in [4.78, 5) is 0. The number of hydrogen-bond donors (Lipinski definition) is 0. The van der Waals surface area contributed by atoms with Crippen molar-refractivity contribution in [3.63, 3.8) is 0 Å². The van der Waals surface area contributed by atoms with E-state index < -0.39 is 0 Å². The summed E-state index contributed by atoms with van der Waals surface area (Å²) in [6.45, 7) is 9.37. The van der Waals surface area contributed by atoms with Gasteiger partial charge in [0.25, 0.3) is 0 Å². The molecule has 0 heterocycles. The molecule has 0 aliphatic heterocycles. The van der Waals surface area contributed by atoms with Crippen molar-refractivity contribution in [1.29, 1.82) is 0 Å². The molecule has 0 radical (unpaired) electrons. The van der Waals surface area contributed by atoms with Crippen molar-refractivity contribution in [3.05, 3.63) is 0 Å². The van der Waals surface area contributed by atoms with Gasteiger partial charge >= 0.3 is 0 Å². The van der Waals surface area contributed by atoms with E-state index in [0.29, 0.717) is 0 Å². The highest BCUT2D eigenvalue weighted by Crippen LogP contribution is 2.33. The van der Waals surface area contributed by atoms with Gasteiger partial charge in [0, 0.05) is 0 Å². The highest BCUT2D eigenvalue weighted by molar-refractivity contribution is 4.72. The molecule has 0 heteroatoms. The minimum absolute atomic E-state index is 1.03. The van der Waals surface area contributed by atoms with Crippen LogP contribution in [0.1, 0.15) is 240 Å². The molecule has 0 aliphatic rings. The van der Waals surface area contributed by atoms with Crippen molar-refractivity contribution in [1.82, 2.24) is 0 Å². The van der Waals surface area contributed by atoms with Gasteiger partial charge in [0.1, 0.15) is 0 Å². The predicted molar refractivity (Wildman–Crippen MR) is 182 cm³/mol. The Balaban J connectivity index is 4.50. The Bertz CT molecular complexity index is 412. The molecule has 39 heavy (non-hydrogen) atoms. The SMILES string of the molecule is CCCCCCCCCCCCC(CCCCCC)C(CCCCCCC)CCCCCCCCCCCC. The second kappa shape index (κ2) is 34.2. The van der Waals surface area contributed by atoms with Crippen molar-refractivity contribution < 1.29 is 0 Å². The first kappa shape index (κ1) is 39.0. The predicted octanol–water partition coefficient (Wildman–Crippen LogP) is 15.2. The summed E-state index contributed by atoms with van der Waals surface area (Å²) in [5.41, 5.74) is 0. The van der Waals surface area contributed by atoms with Gasteiger partial charge in [-0.05, 0) is 11.8 Å². The average molecular weight is 549 g/mol. The van der Waals surface area contributed by atoms with Gasteiger partial charge in [0.15, 0.2) is 0 Å². The van der Waals surface area contributed by atoms with Crippen molar-refractivity contribution in [2.45, 2.75) is 240 Å². The zero-order valence-corrected chi connectivity index (χ0v) is 28.5. The van der Waals surface area contributed by atoms with E-state index in [1.165, 1.54) is 199 Å². The number of rotatable bonds is 34. The molecule has 0 saturated carbocycles. The zero-order chi connectivity index (χ0) is 28.5. The molecule has 0 saturated heterocycles. The molecule has 0 aromatic heterocycles. The maximum atomic E-state index is 2.37. The van der Waals surface area contributed by atoms with Crippen LogP contribution in [-0.2, 0) is 0 Å². The van der Waals surface area contributed by atoms with Crippen LogP contribution >= 0.6 is 0 Å². The monoisotopic (exact) mass is 549 g/mol. The second-order valence-corrected chi connectivity index (χ2v) is 13.5. The lowest BCUT2D eigenvalue weighted by atomic mass is 9.78. The zero-order valence-electron chi connectivity index (χ0n) is 28.5. The van der Waals surface area contributed by atoms with Gasteiger partial charge in [0.2, 0.25) is 0 Å². The lowest BCUT2D eigenvalue weighted by molar-refractivity contribution is 0.236. The van der Waals surface area contributed by atoms with Gasteiger partial charge < -0.3 is 0 Å². The Morgan fingerprint density at radius 1 is 0.205 bits per heavy atom. The Morgan fingerprint density at radius 2 is 0.359 bits per heavy atom. The van der Waals surface area contributed by atoms with Crippen LogP contribution < -0.4 is 0 Å². The van der Waals surface area contributed by atoms with Gasteiger partial charge in [-0.15, -0.1) is 0 Å². The molecule has 236 valence electrons. The maximum absolute atomic E-state index is 2.37. The summed E-state index contributed by atoms with van der Waals surface area (Å²) in [6.07, 6.45) is 48.7. The van der Waals surface area contributed by atoms with Gasteiger partial charge in [-0.1, -0.05) is 240 Å². The highest BCUT2D eigenvalue weighted by atomic mass is 14.3. The third-order valence-electron chi connectivity index (χ3n) is 9.63. The molecule has 0 aliphatic carbocycles. The quantitative estimate of drug-likeness (QED) is 0.0701. The third-order valence-corrected chi connectivity index (χ3v) is 9.63. The normalized spacial score (nSPS) is 13.2. The van der Waals surface area contributed by atoms with Crippen LogP contribution in [0.5, 0.6) is 0 Å². The van der Waals surface area contributed by atoms with Gasteiger partial charge in [-0.25, -0.2) is 0 Å². The number of hydrogen-bond acceptors (Lipinski definition) is 0. The van der Waals surface area contributed by atoms with E-state index in [0.717, 1.165) is 11.8 Å². The molecule has 2 atom stereocenters. The van der Waals surface area contributed by atoms with Crippen LogP contribution in [0.25, 0.3) is 0 Å². The van der Waals surface area contributed by atoms with E-state index in [1.54, 1.807) is 12.8 Å². The summed E-state index contributed by atoms with van der Waals surface area (Å²) in [7, 11) is 0. The third kappa shape index (κ3) is 29.3. The fourth-order valence-electron chi connectivity index (χ4n) is 6.86. The lowest BCUT2D eigenvalue weighted by Gasteiger charge is -2.28. The first-order valence-corrected chi connectivity index (χ1v) is 19.3. The lowest BCUT2D eigenvalue weighted by Crippen LogP contribution is -2.16. The van der Waals surface area contributed by atoms with Crippen LogP contribution in [0.2, 0.25) is 0 Å². The summed E-state index contributed by atoms with van der Waals surface area (Å²) >= 11 is 0. The molecule has 0 N–H and O–H groups in total. The van der Waals surface area contributed by atoms with Crippen LogP contribution in [0.4, 0.5) is 0 Å². The minimum Gasteiger partial charge on any atom is -0.0654 e. The molecule has 0 spiro atoms. The van der Waals surface area contributed by atoms with E-state index in [2.05, 4.69) is 27.7 Å². The summed E-state index contributed by atoms with van der Waals surface area (Å²) < 4.78 is 0. The first-order chi connectivity index (χ1) is 19.3. The Hall–Kier alpha value is 0. The molecule has 0 rings (SSSR count). The Labute approximate surface area is 251 Å². The fourth-order valence-corrected chi connectivity index (χ4v) is 6.86. The van der Waals surface area contributed by atoms with Crippen LogP contribution in [-0.4, -0.2) is 0 Å². The van der Waals surface area contributed by atoms with E-state index >= 15 is 0 Å². The molecule has 0 nitrogen and oxygen atoms in total. The maximum Gasteiger partial charge on any atom is -0.0386 e. The molecular weight excluding hydrogens is 468 g/mol. The molecule has 0 bridgehead atoms. The van der Waals surface area contributed by atoms with Gasteiger partial charge in [-0.3, -0.25) is 0 Å². The topological polar surface area (TPSA) is 0 Å².